The second kappa shape index (κ2) is 6.90. The monoisotopic (exact) mass is 390 g/mol. The highest BCUT2D eigenvalue weighted by atomic mass is 35.5. The number of nitrogens with one attached hydrogen (secondary N) is 1. The first-order valence-corrected chi connectivity index (χ1v) is 8.44. The number of hydrogen-bond acceptors (Lipinski definition) is 5. The lowest BCUT2D eigenvalue weighted by atomic mass is 10.1. The predicted molar refractivity (Wildman–Crippen MR) is 95.7 cm³/mol. The fourth-order valence-corrected chi connectivity index (χ4v) is 3.06. The number of amides is 1. The lowest BCUT2D eigenvalue weighted by Gasteiger charge is -2.04. The first-order chi connectivity index (χ1) is 12.6. The van der Waals surface area contributed by atoms with Crippen molar-refractivity contribution in [3.8, 4) is 22.8 Å². The van der Waals surface area contributed by atoms with Gasteiger partial charge in [-0.15, -0.1) is 0 Å². The van der Waals surface area contributed by atoms with Gasteiger partial charge < -0.3 is 19.3 Å². The summed E-state index contributed by atoms with van der Waals surface area (Å²) in [7, 11) is 0. The van der Waals surface area contributed by atoms with Gasteiger partial charge in [0.15, 0.2) is 17.3 Å². The van der Waals surface area contributed by atoms with E-state index in [9.17, 15) is 4.79 Å². The molecule has 0 atom stereocenters. The maximum absolute atomic E-state index is 12.2. The number of fused-ring (bicyclic) bond motifs is 1. The van der Waals surface area contributed by atoms with Crippen molar-refractivity contribution in [2.75, 3.05) is 6.79 Å². The first kappa shape index (κ1) is 16.8. The van der Waals surface area contributed by atoms with Crippen molar-refractivity contribution in [3.05, 3.63) is 63.8 Å². The number of carbonyl (C=O) groups is 1. The molecular weight excluding hydrogens is 379 g/mol. The van der Waals surface area contributed by atoms with Crippen LogP contribution in [0.25, 0.3) is 11.3 Å². The molecule has 1 aromatic heterocycles. The van der Waals surface area contributed by atoms with Crippen molar-refractivity contribution in [2.45, 2.75) is 6.54 Å². The molecule has 132 valence electrons. The van der Waals surface area contributed by atoms with E-state index in [1.54, 1.807) is 24.3 Å². The van der Waals surface area contributed by atoms with Crippen LogP contribution < -0.4 is 14.8 Å². The molecule has 4 rings (SSSR count). The molecule has 1 aliphatic heterocycles. The molecule has 0 unspecified atom stereocenters. The first-order valence-electron chi connectivity index (χ1n) is 7.68. The number of halogens is 2. The van der Waals surface area contributed by atoms with Gasteiger partial charge >= 0.3 is 0 Å². The Morgan fingerprint density at radius 1 is 1.04 bits per heavy atom. The fourth-order valence-electron chi connectivity index (χ4n) is 2.54. The van der Waals surface area contributed by atoms with E-state index in [1.165, 1.54) is 0 Å². The molecule has 0 saturated carbocycles. The topological polar surface area (TPSA) is 73.6 Å². The molecule has 1 aliphatic rings. The number of rotatable bonds is 4. The molecule has 2 heterocycles. The number of ether oxygens (including phenoxy) is 2. The van der Waals surface area contributed by atoms with Crippen LogP contribution in [0.4, 0.5) is 0 Å². The van der Waals surface area contributed by atoms with E-state index in [1.807, 2.05) is 18.2 Å². The molecule has 26 heavy (non-hydrogen) atoms. The molecule has 1 amide bonds. The van der Waals surface area contributed by atoms with Crippen LogP contribution in [0.3, 0.4) is 0 Å². The van der Waals surface area contributed by atoms with Gasteiger partial charge in [0.2, 0.25) is 6.79 Å². The maximum atomic E-state index is 12.2. The van der Waals surface area contributed by atoms with Crippen LogP contribution >= 0.6 is 23.2 Å². The number of hydrogen-bond donors (Lipinski definition) is 1. The Balaban J connectivity index is 1.44. The Labute approximate surface area is 158 Å². The van der Waals surface area contributed by atoms with Gasteiger partial charge in [-0.05, 0) is 36.4 Å². The highest BCUT2D eigenvalue weighted by molar-refractivity contribution is 6.35. The third-order valence-corrected chi connectivity index (χ3v) is 4.21. The van der Waals surface area contributed by atoms with Crippen molar-refractivity contribution < 1.29 is 18.8 Å². The number of nitrogens with zero attached hydrogens (tertiary/aromatic N) is 1. The van der Waals surface area contributed by atoms with Crippen LogP contribution in [-0.4, -0.2) is 17.9 Å². The Kier molecular flexibility index (Phi) is 4.44. The van der Waals surface area contributed by atoms with Gasteiger partial charge in [-0.3, -0.25) is 4.79 Å². The minimum absolute atomic E-state index is 0.205. The van der Waals surface area contributed by atoms with Crippen molar-refractivity contribution >= 4 is 29.1 Å². The van der Waals surface area contributed by atoms with Crippen LogP contribution in [0.1, 0.15) is 16.1 Å². The standard InChI is InChI=1S/C18H12Cl2N2O4/c19-12-3-11(4-13(20)6-12)18(23)21-8-14-7-16(26-22-14)10-1-2-15-17(5-10)25-9-24-15/h1-7H,8-9H2,(H,21,23). The second-order valence-corrected chi connectivity index (χ2v) is 6.46. The van der Waals surface area contributed by atoms with Crippen molar-refractivity contribution in [2.24, 2.45) is 0 Å². The van der Waals surface area contributed by atoms with E-state index in [0.717, 1.165) is 5.56 Å². The zero-order chi connectivity index (χ0) is 18.1. The van der Waals surface area contributed by atoms with E-state index in [4.69, 9.17) is 37.2 Å². The van der Waals surface area contributed by atoms with Crippen LogP contribution in [-0.2, 0) is 6.54 Å². The van der Waals surface area contributed by atoms with Crippen LogP contribution in [0, 0.1) is 0 Å². The fraction of sp³-hybridized carbons (Fsp3) is 0.111. The third-order valence-electron chi connectivity index (χ3n) is 3.77. The second-order valence-electron chi connectivity index (χ2n) is 5.59. The molecule has 6 nitrogen and oxygen atoms in total. The van der Waals surface area contributed by atoms with E-state index >= 15 is 0 Å². The van der Waals surface area contributed by atoms with E-state index in [0.29, 0.717) is 38.6 Å². The zero-order valence-corrected chi connectivity index (χ0v) is 14.8. The summed E-state index contributed by atoms with van der Waals surface area (Å²) in [5, 5.41) is 7.52. The number of benzene rings is 2. The predicted octanol–water partition coefficient (Wildman–Crippen LogP) is 4.31. The quantitative estimate of drug-likeness (QED) is 0.718. The molecule has 0 radical (unpaired) electrons. The zero-order valence-electron chi connectivity index (χ0n) is 13.3. The van der Waals surface area contributed by atoms with Gasteiger partial charge in [0, 0.05) is 27.2 Å². The van der Waals surface area contributed by atoms with Gasteiger partial charge in [-0.1, -0.05) is 28.4 Å². The Bertz CT molecular complexity index is 967. The molecule has 0 saturated heterocycles. The normalized spacial score (nSPS) is 12.2. The number of aromatic nitrogens is 1. The molecule has 0 aliphatic carbocycles. The summed E-state index contributed by atoms with van der Waals surface area (Å²) < 4.78 is 16.0. The Morgan fingerprint density at radius 3 is 2.62 bits per heavy atom. The van der Waals surface area contributed by atoms with Gasteiger partial charge in [-0.2, -0.15) is 0 Å². The summed E-state index contributed by atoms with van der Waals surface area (Å²) >= 11 is 11.8. The van der Waals surface area contributed by atoms with E-state index < -0.39 is 0 Å². The maximum Gasteiger partial charge on any atom is 0.251 e. The summed E-state index contributed by atoms with van der Waals surface area (Å²) in [6, 6.07) is 11.9. The average Bonchev–Trinajstić information content (AvgIpc) is 3.27. The van der Waals surface area contributed by atoms with Crippen molar-refractivity contribution in [1.29, 1.82) is 0 Å². The van der Waals surface area contributed by atoms with Gasteiger partial charge in [0.1, 0.15) is 5.69 Å². The summed E-state index contributed by atoms with van der Waals surface area (Å²) in [6.45, 7) is 0.414. The largest absolute Gasteiger partial charge is 0.454 e. The van der Waals surface area contributed by atoms with Crippen LogP contribution in [0.2, 0.25) is 10.0 Å². The summed E-state index contributed by atoms with van der Waals surface area (Å²) in [5.41, 5.74) is 1.77. The molecule has 1 N–H and O–H groups in total. The summed E-state index contributed by atoms with van der Waals surface area (Å²) in [6.07, 6.45) is 0. The minimum atomic E-state index is -0.304. The van der Waals surface area contributed by atoms with Gasteiger partial charge in [-0.25, -0.2) is 0 Å². The SMILES string of the molecule is O=C(NCc1cc(-c2ccc3c(c2)OCO3)on1)c1cc(Cl)cc(Cl)c1. The average molecular weight is 391 g/mol. The molecule has 0 fully saturated rings. The highest BCUT2D eigenvalue weighted by Crippen LogP contribution is 2.36. The molecule has 2 aromatic carbocycles. The van der Waals surface area contributed by atoms with Crippen molar-refractivity contribution in [1.82, 2.24) is 10.5 Å². The lowest BCUT2D eigenvalue weighted by molar-refractivity contribution is 0.0950. The van der Waals surface area contributed by atoms with Crippen LogP contribution in [0.15, 0.2) is 47.0 Å². The smallest absolute Gasteiger partial charge is 0.251 e. The highest BCUT2D eigenvalue weighted by Gasteiger charge is 2.16. The van der Waals surface area contributed by atoms with E-state index in [2.05, 4.69) is 10.5 Å². The molecular formula is C18H12Cl2N2O4. The molecule has 0 bridgehead atoms. The molecule has 8 heteroatoms. The summed E-state index contributed by atoms with van der Waals surface area (Å²) in [4.78, 5) is 12.2. The van der Waals surface area contributed by atoms with E-state index in [-0.39, 0.29) is 19.2 Å². The Morgan fingerprint density at radius 2 is 1.81 bits per heavy atom. The van der Waals surface area contributed by atoms with Gasteiger partial charge in [0.25, 0.3) is 5.91 Å². The van der Waals surface area contributed by atoms with Crippen LogP contribution in [0.5, 0.6) is 11.5 Å². The third kappa shape index (κ3) is 3.47. The van der Waals surface area contributed by atoms with Crippen molar-refractivity contribution in [3.63, 3.8) is 0 Å². The van der Waals surface area contributed by atoms with Gasteiger partial charge in [0.05, 0.1) is 6.54 Å². The molecule has 3 aromatic rings. The Hall–Kier alpha value is -2.70. The number of carbonyl (C=O) groups excluding carboxylic acids is 1. The minimum Gasteiger partial charge on any atom is -0.454 e. The summed E-state index contributed by atoms with van der Waals surface area (Å²) in [5.74, 6) is 1.62. The lowest BCUT2D eigenvalue weighted by Crippen LogP contribution is -2.22. The molecule has 0 spiro atoms.